The highest BCUT2D eigenvalue weighted by molar-refractivity contribution is 5.94. The van der Waals surface area contributed by atoms with Crippen LogP contribution in [0.3, 0.4) is 0 Å². The highest BCUT2D eigenvalue weighted by Gasteiger charge is 2.28. The van der Waals surface area contributed by atoms with Crippen LogP contribution < -0.4 is 0 Å². The molecule has 1 saturated heterocycles. The zero-order valence-electron chi connectivity index (χ0n) is 13.6. The predicted molar refractivity (Wildman–Crippen MR) is 89.5 cm³/mol. The molecule has 0 N–H and O–H groups in total. The van der Waals surface area contributed by atoms with Crippen molar-refractivity contribution in [3.8, 4) is 11.5 Å². The van der Waals surface area contributed by atoms with Crippen LogP contribution in [0.1, 0.15) is 22.6 Å². The lowest BCUT2D eigenvalue weighted by Crippen LogP contribution is -2.29. The van der Waals surface area contributed by atoms with Crippen LogP contribution in [-0.4, -0.2) is 44.0 Å². The minimum Gasteiger partial charge on any atom is -0.338 e. The topological polar surface area (TPSA) is 85.0 Å². The number of hydrogen-bond donors (Lipinski definition) is 0. The summed E-state index contributed by atoms with van der Waals surface area (Å²) in [5.41, 5.74) is 1.53. The summed E-state index contributed by atoms with van der Waals surface area (Å²) in [7, 11) is 0. The molecule has 3 aromatic rings. The van der Waals surface area contributed by atoms with Gasteiger partial charge in [0.1, 0.15) is 0 Å². The molecule has 0 aromatic carbocycles. The average molecular weight is 335 g/mol. The molecule has 4 rings (SSSR count). The summed E-state index contributed by atoms with van der Waals surface area (Å²) < 4.78 is 5.33. The van der Waals surface area contributed by atoms with E-state index < -0.39 is 0 Å². The molecule has 0 saturated carbocycles. The fraction of sp³-hybridized carbons (Fsp3) is 0.278. The van der Waals surface area contributed by atoms with Crippen LogP contribution in [0.2, 0.25) is 0 Å². The Hall–Kier alpha value is -3.09. The van der Waals surface area contributed by atoms with E-state index in [2.05, 4.69) is 20.1 Å². The van der Waals surface area contributed by atoms with Gasteiger partial charge in [0.2, 0.25) is 0 Å². The van der Waals surface area contributed by atoms with Crippen LogP contribution >= 0.6 is 0 Å². The number of pyridine rings is 2. The van der Waals surface area contributed by atoms with E-state index in [4.69, 9.17) is 4.52 Å². The molecule has 3 aromatic heterocycles. The summed E-state index contributed by atoms with van der Waals surface area (Å²) in [6.07, 6.45) is 8.31. The third-order valence-corrected chi connectivity index (χ3v) is 4.37. The first-order valence-corrected chi connectivity index (χ1v) is 8.22. The number of carbonyl (C=O) groups excluding carboxylic acids is 1. The highest BCUT2D eigenvalue weighted by Crippen LogP contribution is 2.23. The standard InChI is InChI=1S/C18H17N5O2/c24-18(15-3-8-20-9-4-15)23-10-5-13(12-23)11-16-21-17(25-22-16)14-1-6-19-7-2-14/h1-4,6-9,13H,5,10-12H2. The molecule has 126 valence electrons. The molecule has 1 aliphatic heterocycles. The zero-order valence-corrected chi connectivity index (χ0v) is 13.6. The summed E-state index contributed by atoms with van der Waals surface area (Å²) in [6.45, 7) is 1.46. The molecule has 1 fully saturated rings. The van der Waals surface area contributed by atoms with Gasteiger partial charge >= 0.3 is 0 Å². The maximum absolute atomic E-state index is 12.5. The third-order valence-electron chi connectivity index (χ3n) is 4.37. The van der Waals surface area contributed by atoms with Gasteiger partial charge in [-0.3, -0.25) is 14.8 Å². The van der Waals surface area contributed by atoms with Gasteiger partial charge in [0.15, 0.2) is 5.82 Å². The van der Waals surface area contributed by atoms with Crippen molar-refractivity contribution < 1.29 is 9.32 Å². The quantitative estimate of drug-likeness (QED) is 0.727. The van der Waals surface area contributed by atoms with E-state index >= 15 is 0 Å². The van der Waals surface area contributed by atoms with Gasteiger partial charge < -0.3 is 9.42 Å². The Morgan fingerprint density at radius 2 is 1.84 bits per heavy atom. The lowest BCUT2D eigenvalue weighted by atomic mass is 10.0. The molecule has 0 spiro atoms. The lowest BCUT2D eigenvalue weighted by molar-refractivity contribution is 0.0787. The summed E-state index contributed by atoms with van der Waals surface area (Å²) in [5.74, 6) is 1.57. The van der Waals surface area contributed by atoms with Gasteiger partial charge in [-0.15, -0.1) is 0 Å². The number of rotatable bonds is 4. The van der Waals surface area contributed by atoms with Crippen molar-refractivity contribution in [1.82, 2.24) is 25.0 Å². The van der Waals surface area contributed by atoms with Crippen molar-refractivity contribution in [3.63, 3.8) is 0 Å². The lowest BCUT2D eigenvalue weighted by Gasteiger charge is -2.16. The maximum atomic E-state index is 12.5. The van der Waals surface area contributed by atoms with Crippen molar-refractivity contribution in [2.45, 2.75) is 12.8 Å². The summed E-state index contributed by atoms with van der Waals surface area (Å²) in [4.78, 5) is 26.7. The normalized spacial score (nSPS) is 17.0. The number of nitrogens with zero attached hydrogens (tertiary/aromatic N) is 5. The van der Waals surface area contributed by atoms with Gasteiger partial charge in [0.25, 0.3) is 11.8 Å². The predicted octanol–water partition coefficient (Wildman–Crippen LogP) is 2.23. The Morgan fingerprint density at radius 3 is 2.60 bits per heavy atom. The van der Waals surface area contributed by atoms with Crippen molar-refractivity contribution in [2.24, 2.45) is 5.92 Å². The Morgan fingerprint density at radius 1 is 1.12 bits per heavy atom. The van der Waals surface area contributed by atoms with Crippen LogP contribution in [0.4, 0.5) is 0 Å². The number of hydrogen-bond acceptors (Lipinski definition) is 6. The molecule has 0 bridgehead atoms. The molecule has 7 nitrogen and oxygen atoms in total. The monoisotopic (exact) mass is 335 g/mol. The van der Waals surface area contributed by atoms with Gasteiger partial charge in [0, 0.05) is 55.4 Å². The van der Waals surface area contributed by atoms with Crippen LogP contribution in [0.15, 0.2) is 53.6 Å². The second-order valence-corrected chi connectivity index (χ2v) is 6.10. The Balaban J connectivity index is 1.39. The summed E-state index contributed by atoms with van der Waals surface area (Å²) in [6, 6.07) is 7.16. The van der Waals surface area contributed by atoms with Crippen molar-refractivity contribution >= 4 is 5.91 Å². The van der Waals surface area contributed by atoms with E-state index in [0.717, 1.165) is 18.5 Å². The van der Waals surface area contributed by atoms with Crippen LogP contribution in [-0.2, 0) is 6.42 Å². The largest absolute Gasteiger partial charge is 0.338 e. The Kier molecular flexibility index (Phi) is 4.20. The van der Waals surface area contributed by atoms with Gasteiger partial charge in [0.05, 0.1) is 0 Å². The van der Waals surface area contributed by atoms with Gasteiger partial charge in [-0.05, 0) is 36.6 Å². The molecule has 7 heteroatoms. The molecular weight excluding hydrogens is 318 g/mol. The third kappa shape index (κ3) is 3.40. The fourth-order valence-electron chi connectivity index (χ4n) is 3.07. The second kappa shape index (κ2) is 6.80. The number of aromatic nitrogens is 4. The number of carbonyl (C=O) groups is 1. The fourth-order valence-corrected chi connectivity index (χ4v) is 3.07. The molecular formula is C18H17N5O2. The van der Waals surface area contributed by atoms with Crippen LogP contribution in [0.5, 0.6) is 0 Å². The number of amides is 1. The van der Waals surface area contributed by atoms with Crippen LogP contribution in [0.25, 0.3) is 11.5 Å². The van der Waals surface area contributed by atoms with Crippen molar-refractivity contribution in [2.75, 3.05) is 13.1 Å². The first-order chi connectivity index (χ1) is 12.3. The smallest absolute Gasteiger partial charge is 0.258 e. The highest BCUT2D eigenvalue weighted by atomic mass is 16.5. The molecule has 25 heavy (non-hydrogen) atoms. The van der Waals surface area contributed by atoms with Crippen molar-refractivity contribution in [3.05, 3.63) is 60.4 Å². The SMILES string of the molecule is O=C(c1ccncc1)N1CCC(Cc2noc(-c3ccncc3)n2)C1. The van der Waals surface area contributed by atoms with E-state index in [1.807, 2.05) is 17.0 Å². The summed E-state index contributed by atoms with van der Waals surface area (Å²) >= 11 is 0. The average Bonchev–Trinajstić information content (AvgIpc) is 3.33. The van der Waals surface area contributed by atoms with E-state index in [9.17, 15) is 4.79 Å². The first-order valence-electron chi connectivity index (χ1n) is 8.22. The number of likely N-dealkylation sites (tertiary alicyclic amines) is 1. The molecule has 1 unspecified atom stereocenters. The maximum Gasteiger partial charge on any atom is 0.258 e. The van der Waals surface area contributed by atoms with Crippen molar-refractivity contribution in [1.29, 1.82) is 0 Å². The minimum atomic E-state index is 0.0514. The van der Waals surface area contributed by atoms with Crippen LogP contribution in [0, 0.1) is 5.92 Å². The van der Waals surface area contributed by atoms with Gasteiger partial charge in [-0.2, -0.15) is 4.98 Å². The molecule has 0 aliphatic carbocycles. The van der Waals surface area contributed by atoms with E-state index in [1.54, 1.807) is 36.9 Å². The molecule has 0 radical (unpaired) electrons. The minimum absolute atomic E-state index is 0.0514. The van der Waals surface area contributed by atoms with E-state index in [-0.39, 0.29) is 5.91 Å². The van der Waals surface area contributed by atoms with Gasteiger partial charge in [-0.25, -0.2) is 0 Å². The van der Waals surface area contributed by atoms with E-state index in [1.165, 1.54) is 0 Å². The van der Waals surface area contributed by atoms with E-state index in [0.29, 0.717) is 36.2 Å². The molecule has 4 heterocycles. The molecule has 1 aliphatic rings. The Labute approximate surface area is 144 Å². The molecule has 1 amide bonds. The first kappa shape index (κ1) is 15.4. The van der Waals surface area contributed by atoms with Gasteiger partial charge in [-0.1, -0.05) is 5.16 Å². The molecule has 1 atom stereocenters. The second-order valence-electron chi connectivity index (χ2n) is 6.10. The summed E-state index contributed by atoms with van der Waals surface area (Å²) in [5, 5.41) is 4.07. The zero-order chi connectivity index (χ0) is 17.1. The Bertz CT molecular complexity index is 850.